The Hall–Kier alpha value is -1.96. The molecule has 1 heterocycles. The number of carbonyl (C=O) groups is 3. The van der Waals surface area contributed by atoms with Crippen LogP contribution in [0.15, 0.2) is 70.7 Å². The molecule has 1 aliphatic heterocycles. The first-order valence-electron chi connectivity index (χ1n) is 9.76. The number of urea groups is 1. The van der Waals surface area contributed by atoms with Gasteiger partial charge in [0.25, 0.3) is 11.8 Å². The number of nitrogens with zero attached hydrogens (tertiary/aromatic N) is 1. The van der Waals surface area contributed by atoms with Gasteiger partial charge in [-0.05, 0) is 127 Å². The second-order valence-electron chi connectivity index (χ2n) is 7.16. The summed E-state index contributed by atoms with van der Waals surface area (Å²) >= 11 is 13.8. The Balaban J connectivity index is 1.60. The number of halogens is 4. The van der Waals surface area contributed by atoms with Gasteiger partial charge in [-0.2, -0.15) is 0 Å². The van der Waals surface area contributed by atoms with E-state index in [1.807, 2.05) is 24.3 Å². The third-order valence-electron chi connectivity index (χ3n) is 4.81. The number of anilines is 1. The van der Waals surface area contributed by atoms with Crippen molar-refractivity contribution < 1.29 is 19.1 Å². The van der Waals surface area contributed by atoms with Gasteiger partial charge in [0, 0.05) is 8.59 Å². The van der Waals surface area contributed by atoms with Crippen LogP contribution in [0.1, 0.15) is 11.1 Å². The minimum absolute atomic E-state index is 0.162. The fourth-order valence-corrected chi connectivity index (χ4v) is 5.44. The van der Waals surface area contributed by atoms with Crippen molar-refractivity contribution in [2.45, 2.75) is 6.61 Å². The zero-order valence-electron chi connectivity index (χ0n) is 17.2. The molecule has 1 fully saturated rings. The Bertz CT molecular complexity index is 1300. The molecule has 0 spiro atoms. The van der Waals surface area contributed by atoms with E-state index in [1.165, 1.54) is 18.2 Å². The summed E-state index contributed by atoms with van der Waals surface area (Å²) in [6.07, 6.45) is 1.45. The normalized spacial score (nSPS) is 15.0. The van der Waals surface area contributed by atoms with Gasteiger partial charge >= 0.3 is 6.03 Å². The first-order chi connectivity index (χ1) is 16.2. The van der Waals surface area contributed by atoms with Gasteiger partial charge in [0.1, 0.15) is 17.9 Å². The number of hydrogen-bond acceptors (Lipinski definition) is 4. The highest BCUT2D eigenvalue weighted by Gasteiger charge is 2.36. The van der Waals surface area contributed by atoms with E-state index in [-0.39, 0.29) is 5.57 Å². The largest absolute Gasteiger partial charge is 0.487 e. The summed E-state index contributed by atoms with van der Waals surface area (Å²) in [7, 11) is 0. The zero-order chi connectivity index (χ0) is 24.4. The minimum Gasteiger partial charge on any atom is -0.487 e. The molecule has 10 heteroatoms. The predicted molar refractivity (Wildman–Crippen MR) is 151 cm³/mol. The van der Waals surface area contributed by atoms with Crippen LogP contribution in [-0.4, -0.2) is 17.8 Å². The maximum atomic E-state index is 13.1. The van der Waals surface area contributed by atoms with E-state index < -0.39 is 17.8 Å². The Morgan fingerprint density at radius 3 is 2.32 bits per heavy atom. The zero-order valence-corrected chi connectivity index (χ0v) is 23.8. The monoisotopic (exact) mass is 762 g/mol. The molecule has 4 amide bonds. The fourth-order valence-electron chi connectivity index (χ4n) is 3.19. The number of rotatable bonds is 5. The highest BCUT2D eigenvalue weighted by molar-refractivity contribution is 14.1. The molecule has 3 aromatic rings. The number of imide groups is 2. The third kappa shape index (κ3) is 5.64. The Morgan fingerprint density at radius 2 is 1.68 bits per heavy atom. The average molecular weight is 764 g/mol. The first-order valence-corrected chi connectivity index (χ1v) is 13.1. The van der Waals surface area contributed by atoms with Crippen molar-refractivity contribution in [2.24, 2.45) is 0 Å². The lowest BCUT2D eigenvalue weighted by atomic mass is 10.1. The van der Waals surface area contributed by atoms with Crippen LogP contribution in [0.2, 0.25) is 5.02 Å². The molecule has 172 valence electrons. The van der Waals surface area contributed by atoms with Gasteiger partial charge < -0.3 is 4.74 Å². The van der Waals surface area contributed by atoms with E-state index >= 15 is 0 Å². The van der Waals surface area contributed by atoms with Gasteiger partial charge in [0.2, 0.25) is 0 Å². The summed E-state index contributed by atoms with van der Waals surface area (Å²) in [5, 5.41) is 2.68. The van der Waals surface area contributed by atoms with Crippen LogP contribution in [0.3, 0.4) is 0 Å². The van der Waals surface area contributed by atoms with Crippen molar-refractivity contribution in [3.8, 4) is 5.75 Å². The number of benzene rings is 3. The second-order valence-corrected chi connectivity index (χ2v) is 10.9. The van der Waals surface area contributed by atoms with E-state index in [0.717, 1.165) is 17.6 Å². The molecule has 1 N–H and O–H groups in total. The number of amides is 4. The highest BCUT2D eigenvalue weighted by atomic mass is 127. The molecular formula is C24H14BrClI2N2O4. The van der Waals surface area contributed by atoms with Gasteiger partial charge in [-0.25, -0.2) is 9.69 Å². The number of barbiturate groups is 1. The van der Waals surface area contributed by atoms with Gasteiger partial charge in [-0.15, -0.1) is 0 Å². The molecule has 3 aromatic carbocycles. The van der Waals surface area contributed by atoms with Crippen molar-refractivity contribution in [2.75, 3.05) is 4.90 Å². The van der Waals surface area contributed by atoms with Gasteiger partial charge in [-0.1, -0.05) is 23.7 Å². The van der Waals surface area contributed by atoms with Crippen LogP contribution in [-0.2, 0) is 16.2 Å². The Kier molecular flexibility index (Phi) is 7.95. The molecule has 1 saturated heterocycles. The van der Waals surface area contributed by atoms with E-state index in [0.29, 0.717) is 33.1 Å². The van der Waals surface area contributed by atoms with Gasteiger partial charge in [0.15, 0.2) is 0 Å². The summed E-state index contributed by atoms with van der Waals surface area (Å²) in [4.78, 5) is 38.8. The number of ether oxygens (including phenoxy) is 1. The summed E-state index contributed by atoms with van der Waals surface area (Å²) < 4.78 is 8.60. The first kappa shape index (κ1) is 25.1. The Morgan fingerprint density at radius 1 is 1.00 bits per heavy atom. The van der Waals surface area contributed by atoms with Crippen LogP contribution in [0.25, 0.3) is 6.08 Å². The number of carbonyl (C=O) groups excluding carboxylic acids is 3. The SMILES string of the molecule is O=C1NC(=O)N(c2ccc(Cl)cc2)C(=O)/C1=C/c1cc(Br)c(OCc2ccc(I)cc2)c(I)c1. The van der Waals surface area contributed by atoms with Crippen LogP contribution >= 0.6 is 72.7 Å². The molecule has 0 saturated carbocycles. The Labute approximate surface area is 236 Å². The number of hydrogen-bond donors (Lipinski definition) is 1. The molecule has 0 aliphatic carbocycles. The van der Waals surface area contributed by atoms with Crippen LogP contribution in [0.5, 0.6) is 5.75 Å². The lowest BCUT2D eigenvalue weighted by Gasteiger charge is -2.26. The quantitative estimate of drug-likeness (QED) is 0.182. The number of nitrogens with one attached hydrogen (secondary N) is 1. The van der Waals surface area contributed by atoms with Crippen molar-refractivity contribution in [3.05, 3.63) is 94.0 Å². The van der Waals surface area contributed by atoms with E-state index in [2.05, 4.69) is 66.4 Å². The molecule has 0 unspecified atom stereocenters. The molecule has 1 aliphatic rings. The summed E-state index contributed by atoms with van der Waals surface area (Å²) in [6.45, 7) is 0.394. The standard InChI is InChI=1S/C24H14BrClI2N2O4/c25-19-10-14(11-20(28)21(19)34-12-13-1-5-16(27)6-2-13)9-18-22(31)29-24(33)30(23(18)32)17-7-3-15(26)4-8-17/h1-11H,12H2,(H,29,31,33)/b18-9+. The molecular weight excluding hydrogens is 749 g/mol. The molecule has 0 bridgehead atoms. The van der Waals surface area contributed by atoms with E-state index in [9.17, 15) is 14.4 Å². The minimum atomic E-state index is -0.815. The molecule has 6 nitrogen and oxygen atoms in total. The molecule has 0 atom stereocenters. The summed E-state index contributed by atoms with van der Waals surface area (Å²) in [6, 6.07) is 17.0. The van der Waals surface area contributed by atoms with Crippen molar-refractivity contribution >= 4 is 102 Å². The lowest BCUT2D eigenvalue weighted by molar-refractivity contribution is -0.122. The summed E-state index contributed by atoms with van der Waals surface area (Å²) in [5.74, 6) is -0.828. The predicted octanol–water partition coefficient (Wildman–Crippen LogP) is 6.56. The summed E-state index contributed by atoms with van der Waals surface area (Å²) in [5.41, 5.74) is 1.78. The molecule has 4 rings (SSSR count). The molecule has 0 radical (unpaired) electrons. The lowest BCUT2D eigenvalue weighted by Crippen LogP contribution is -2.54. The van der Waals surface area contributed by atoms with Crippen LogP contribution < -0.4 is 15.0 Å². The van der Waals surface area contributed by atoms with Crippen molar-refractivity contribution in [1.82, 2.24) is 5.32 Å². The topological polar surface area (TPSA) is 75.7 Å². The molecule has 0 aromatic heterocycles. The third-order valence-corrected chi connectivity index (χ3v) is 7.18. The maximum absolute atomic E-state index is 13.1. The van der Waals surface area contributed by atoms with Gasteiger partial charge in [0.05, 0.1) is 13.7 Å². The highest BCUT2D eigenvalue weighted by Crippen LogP contribution is 2.34. The van der Waals surface area contributed by atoms with Crippen molar-refractivity contribution in [1.29, 1.82) is 0 Å². The van der Waals surface area contributed by atoms with E-state index in [1.54, 1.807) is 24.3 Å². The van der Waals surface area contributed by atoms with Crippen LogP contribution in [0, 0.1) is 7.14 Å². The van der Waals surface area contributed by atoms with Gasteiger partial charge in [-0.3, -0.25) is 14.9 Å². The average Bonchev–Trinajstić information content (AvgIpc) is 2.78. The maximum Gasteiger partial charge on any atom is 0.335 e. The second kappa shape index (κ2) is 10.8. The van der Waals surface area contributed by atoms with E-state index in [4.69, 9.17) is 16.3 Å². The van der Waals surface area contributed by atoms with Crippen molar-refractivity contribution in [3.63, 3.8) is 0 Å². The fraction of sp³-hybridized carbons (Fsp3) is 0.0417. The van der Waals surface area contributed by atoms with Crippen LogP contribution in [0.4, 0.5) is 10.5 Å². The molecule has 34 heavy (non-hydrogen) atoms. The smallest absolute Gasteiger partial charge is 0.335 e.